The summed E-state index contributed by atoms with van der Waals surface area (Å²) in [5, 5.41) is 8.64. The number of carbonyl (C=O) groups excluding carboxylic acids is 2. The highest BCUT2D eigenvalue weighted by Gasteiger charge is 2.40. The number of hydrogen-bond donors (Lipinski definition) is 1. The molecule has 0 saturated carbocycles. The van der Waals surface area contributed by atoms with Crippen LogP contribution >= 0.6 is 11.6 Å². The number of halogens is 1. The van der Waals surface area contributed by atoms with Gasteiger partial charge in [-0.25, -0.2) is 0 Å². The normalized spacial score (nSPS) is 14.1. The van der Waals surface area contributed by atoms with Gasteiger partial charge in [0.2, 0.25) is 0 Å². The van der Waals surface area contributed by atoms with Gasteiger partial charge in [0.1, 0.15) is 0 Å². The molecular formula is C10H9ClO4. The van der Waals surface area contributed by atoms with Crippen molar-refractivity contribution >= 4 is 22.8 Å². The van der Waals surface area contributed by atoms with Crippen LogP contribution in [0.2, 0.25) is 0 Å². The Balaban J connectivity index is 3.13. The number of benzene rings is 1. The van der Waals surface area contributed by atoms with Crippen LogP contribution in [0.3, 0.4) is 0 Å². The van der Waals surface area contributed by atoms with Crippen LogP contribution in [0.15, 0.2) is 30.3 Å². The highest BCUT2D eigenvalue weighted by atomic mass is 35.5. The van der Waals surface area contributed by atoms with E-state index >= 15 is 0 Å². The summed E-state index contributed by atoms with van der Waals surface area (Å²) in [7, 11) is 0. The Bertz CT molecular complexity index is 376. The number of esters is 1. The third-order valence-corrected chi connectivity index (χ3v) is 1.98. The van der Waals surface area contributed by atoms with Crippen LogP contribution in [0.1, 0.15) is 12.5 Å². The molecule has 0 fully saturated rings. The van der Waals surface area contributed by atoms with Crippen molar-refractivity contribution in [3.8, 4) is 0 Å². The second-order valence-electron chi connectivity index (χ2n) is 2.88. The zero-order valence-electron chi connectivity index (χ0n) is 7.94. The zero-order valence-corrected chi connectivity index (χ0v) is 8.69. The van der Waals surface area contributed by atoms with Gasteiger partial charge in [0.25, 0.3) is 5.24 Å². The molecule has 0 bridgehead atoms. The molecule has 1 N–H and O–H groups in total. The molecule has 15 heavy (non-hydrogen) atoms. The largest absolute Gasteiger partial charge is 0.420 e. The fourth-order valence-corrected chi connectivity index (χ4v) is 1.23. The third-order valence-electron chi connectivity index (χ3n) is 1.72. The average molecular weight is 229 g/mol. The standard InChI is InChI=1S/C10H9ClO4/c1-7(12)15-10(14,9(11)13)8-5-3-2-4-6-8/h2-6,14H,1H3. The lowest BCUT2D eigenvalue weighted by atomic mass is 10.1. The van der Waals surface area contributed by atoms with Gasteiger partial charge < -0.3 is 9.84 Å². The second kappa shape index (κ2) is 4.42. The molecular weight excluding hydrogens is 220 g/mol. The van der Waals surface area contributed by atoms with Crippen molar-refractivity contribution in [3.05, 3.63) is 35.9 Å². The summed E-state index contributed by atoms with van der Waals surface area (Å²) in [6.45, 7) is 1.08. The maximum absolute atomic E-state index is 11.0. The van der Waals surface area contributed by atoms with Crippen LogP contribution in [-0.2, 0) is 20.1 Å². The van der Waals surface area contributed by atoms with Gasteiger partial charge in [-0.05, 0) is 11.6 Å². The van der Waals surface area contributed by atoms with Crippen LogP contribution in [-0.4, -0.2) is 16.3 Å². The van der Waals surface area contributed by atoms with Gasteiger partial charge in [0.05, 0.1) is 0 Å². The van der Waals surface area contributed by atoms with E-state index in [4.69, 9.17) is 11.6 Å². The van der Waals surface area contributed by atoms with E-state index in [1.165, 1.54) is 12.1 Å². The number of hydrogen-bond acceptors (Lipinski definition) is 4. The molecule has 1 aromatic rings. The number of aliphatic hydroxyl groups is 1. The molecule has 4 nitrogen and oxygen atoms in total. The van der Waals surface area contributed by atoms with Gasteiger partial charge in [-0.3, -0.25) is 9.59 Å². The summed E-state index contributed by atoms with van der Waals surface area (Å²) in [5.41, 5.74) is 0.111. The highest BCUT2D eigenvalue weighted by Crippen LogP contribution is 2.25. The Labute approximate surface area is 91.4 Å². The molecule has 0 spiro atoms. The van der Waals surface area contributed by atoms with Crippen molar-refractivity contribution in [2.75, 3.05) is 0 Å². The summed E-state index contributed by atoms with van der Waals surface area (Å²) in [5.74, 6) is -3.20. The lowest BCUT2D eigenvalue weighted by Gasteiger charge is -2.23. The number of rotatable bonds is 3. The first-order valence-corrected chi connectivity index (χ1v) is 4.52. The third kappa shape index (κ3) is 2.55. The van der Waals surface area contributed by atoms with E-state index in [2.05, 4.69) is 4.74 Å². The maximum atomic E-state index is 11.0. The Morgan fingerprint density at radius 3 is 2.27 bits per heavy atom. The second-order valence-corrected chi connectivity index (χ2v) is 3.22. The molecule has 0 aromatic heterocycles. The predicted molar refractivity (Wildman–Crippen MR) is 53.0 cm³/mol. The number of ether oxygens (including phenoxy) is 1. The molecule has 1 aromatic carbocycles. The number of carbonyl (C=O) groups is 2. The van der Waals surface area contributed by atoms with Crippen molar-refractivity contribution in [2.24, 2.45) is 0 Å². The average Bonchev–Trinajstić information content (AvgIpc) is 2.17. The summed E-state index contributed by atoms with van der Waals surface area (Å²) in [4.78, 5) is 21.8. The topological polar surface area (TPSA) is 63.6 Å². The molecule has 0 aliphatic heterocycles. The van der Waals surface area contributed by atoms with E-state index in [0.29, 0.717) is 0 Å². The summed E-state index contributed by atoms with van der Waals surface area (Å²) < 4.78 is 4.52. The Morgan fingerprint density at radius 2 is 1.87 bits per heavy atom. The minimum Gasteiger partial charge on any atom is -0.420 e. The molecule has 0 saturated heterocycles. The monoisotopic (exact) mass is 228 g/mol. The molecule has 0 aliphatic carbocycles. The predicted octanol–water partition coefficient (Wildman–Crippen LogP) is 1.16. The highest BCUT2D eigenvalue weighted by molar-refractivity contribution is 6.65. The van der Waals surface area contributed by atoms with E-state index in [-0.39, 0.29) is 5.56 Å². The smallest absolute Gasteiger partial charge is 0.313 e. The first-order chi connectivity index (χ1) is 6.97. The van der Waals surface area contributed by atoms with E-state index < -0.39 is 17.0 Å². The molecule has 1 rings (SSSR count). The molecule has 0 radical (unpaired) electrons. The van der Waals surface area contributed by atoms with Crippen molar-refractivity contribution in [1.82, 2.24) is 0 Å². The van der Waals surface area contributed by atoms with Crippen molar-refractivity contribution in [3.63, 3.8) is 0 Å². The van der Waals surface area contributed by atoms with E-state index in [9.17, 15) is 14.7 Å². The van der Waals surface area contributed by atoms with Crippen molar-refractivity contribution in [2.45, 2.75) is 12.7 Å². The SMILES string of the molecule is CC(=O)OC(O)(C(=O)Cl)c1ccccc1. The van der Waals surface area contributed by atoms with Crippen molar-refractivity contribution < 1.29 is 19.4 Å². The minimum absolute atomic E-state index is 0.111. The van der Waals surface area contributed by atoms with Crippen molar-refractivity contribution in [1.29, 1.82) is 0 Å². The van der Waals surface area contributed by atoms with Gasteiger partial charge in [0, 0.05) is 12.5 Å². The van der Waals surface area contributed by atoms with Gasteiger partial charge in [0.15, 0.2) is 0 Å². The van der Waals surface area contributed by atoms with Gasteiger partial charge >= 0.3 is 11.8 Å². The maximum Gasteiger partial charge on any atom is 0.313 e. The van der Waals surface area contributed by atoms with Crippen LogP contribution in [0, 0.1) is 0 Å². The minimum atomic E-state index is -2.41. The van der Waals surface area contributed by atoms with Crippen LogP contribution in [0.25, 0.3) is 0 Å². The van der Waals surface area contributed by atoms with E-state index in [1.807, 2.05) is 0 Å². The van der Waals surface area contributed by atoms with Crippen LogP contribution in [0.4, 0.5) is 0 Å². The molecule has 80 valence electrons. The molecule has 1 atom stereocenters. The molecule has 0 aliphatic rings. The Morgan fingerprint density at radius 1 is 1.33 bits per heavy atom. The zero-order chi connectivity index (χ0) is 11.5. The van der Waals surface area contributed by atoms with Crippen LogP contribution in [0.5, 0.6) is 0 Å². The first kappa shape index (κ1) is 11.7. The molecule has 0 heterocycles. The first-order valence-electron chi connectivity index (χ1n) is 4.14. The summed E-state index contributed by atoms with van der Waals surface area (Å²) >= 11 is 5.20. The van der Waals surface area contributed by atoms with Crippen LogP contribution < -0.4 is 0 Å². The van der Waals surface area contributed by atoms with Gasteiger partial charge in [-0.1, -0.05) is 30.3 Å². The summed E-state index contributed by atoms with van der Waals surface area (Å²) in [6, 6.07) is 7.73. The quantitative estimate of drug-likeness (QED) is 0.479. The molecule has 5 heteroatoms. The van der Waals surface area contributed by atoms with Gasteiger partial charge in [-0.2, -0.15) is 0 Å². The fourth-order valence-electron chi connectivity index (χ4n) is 1.08. The van der Waals surface area contributed by atoms with E-state index in [0.717, 1.165) is 6.92 Å². The van der Waals surface area contributed by atoms with E-state index in [1.54, 1.807) is 18.2 Å². The summed E-state index contributed by atoms with van der Waals surface area (Å²) in [6.07, 6.45) is 0. The molecule has 0 amide bonds. The van der Waals surface area contributed by atoms with Gasteiger partial charge in [-0.15, -0.1) is 0 Å². The Hall–Kier alpha value is -1.39. The Kier molecular flexibility index (Phi) is 3.44. The molecule has 1 unspecified atom stereocenters. The lowest BCUT2D eigenvalue weighted by molar-refractivity contribution is -0.207. The fraction of sp³-hybridized carbons (Fsp3) is 0.200. The lowest BCUT2D eigenvalue weighted by Crippen LogP contribution is -2.37.